The van der Waals surface area contributed by atoms with Crippen molar-refractivity contribution < 1.29 is 27.9 Å². The molecule has 0 aromatic heterocycles. The van der Waals surface area contributed by atoms with Crippen LogP contribution in [-0.2, 0) is 24.2 Å². The molecule has 1 unspecified atom stereocenters. The van der Waals surface area contributed by atoms with Crippen LogP contribution in [-0.4, -0.2) is 53.9 Å². The molecule has 27 heavy (non-hydrogen) atoms. The number of nitrogens with zero attached hydrogens (tertiary/aromatic N) is 1. The van der Waals surface area contributed by atoms with Crippen molar-refractivity contribution in [2.75, 3.05) is 6.26 Å². The number of β-lactam (4-membered cyclic amide) rings is 1. The van der Waals surface area contributed by atoms with E-state index < -0.39 is 50.8 Å². The Morgan fingerprint density at radius 2 is 1.78 bits per heavy atom. The van der Waals surface area contributed by atoms with E-state index in [4.69, 9.17) is 5.73 Å². The molecule has 2 rings (SSSR count). The third-order valence-electron chi connectivity index (χ3n) is 4.14. The van der Waals surface area contributed by atoms with Crippen molar-refractivity contribution in [1.82, 2.24) is 10.2 Å². The van der Waals surface area contributed by atoms with Crippen LogP contribution in [0.5, 0.6) is 0 Å². The number of hydrogen-bond donors (Lipinski definition) is 3. The van der Waals surface area contributed by atoms with Gasteiger partial charge >= 0.3 is 5.97 Å². The van der Waals surface area contributed by atoms with Crippen molar-refractivity contribution in [3.8, 4) is 0 Å². The molecule has 0 aliphatic carbocycles. The predicted octanol–water partition coefficient (Wildman–Crippen LogP) is -0.237. The molecule has 0 spiro atoms. The number of sulfone groups is 1. The number of aliphatic carboxylic acids is 1. The Hall–Kier alpha value is -2.72. The van der Waals surface area contributed by atoms with Crippen molar-refractivity contribution >= 4 is 27.6 Å². The summed E-state index contributed by atoms with van der Waals surface area (Å²) in [5.41, 5.74) is 6.19. The summed E-state index contributed by atoms with van der Waals surface area (Å²) in [5, 5.41) is 10.1. The Balaban J connectivity index is 2.30. The number of likely N-dealkylation sites (tertiary alicyclic amines) is 1. The van der Waals surface area contributed by atoms with Gasteiger partial charge in [0.1, 0.15) is 17.8 Å². The molecule has 1 aromatic rings. The van der Waals surface area contributed by atoms with E-state index in [1.807, 2.05) is 0 Å². The summed E-state index contributed by atoms with van der Waals surface area (Å²) >= 11 is 0. The SMILES string of the molecule is CC(C)=C(C(=O)O)N1C(=O)[C@@H](NC(=O)C(N)c2ccccc2)[C@H]1S(C)(=O)=O. The van der Waals surface area contributed by atoms with Gasteiger partial charge in [-0.3, -0.25) is 14.5 Å². The number of nitrogens with one attached hydrogen (secondary N) is 1. The molecule has 1 saturated heterocycles. The Kier molecular flexibility index (Phi) is 5.71. The molecule has 10 heteroatoms. The minimum atomic E-state index is -3.89. The minimum absolute atomic E-state index is 0.260. The van der Waals surface area contributed by atoms with Crippen LogP contribution in [0.4, 0.5) is 0 Å². The molecular weight excluding hydrogens is 374 g/mol. The molecule has 3 atom stereocenters. The molecule has 1 aliphatic rings. The maximum absolute atomic E-state index is 12.5. The summed E-state index contributed by atoms with van der Waals surface area (Å²) in [4.78, 5) is 37.0. The summed E-state index contributed by atoms with van der Waals surface area (Å²) in [6, 6.07) is 5.86. The van der Waals surface area contributed by atoms with Gasteiger partial charge in [-0.15, -0.1) is 0 Å². The highest BCUT2D eigenvalue weighted by atomic mass is 32.2. The first kappa shape index (κ1) is 20.6. The third-order valence-corrected chi connectivity index (χ3v) is 5.50. The van der Waals surface area contributed by atoms with Crippen molar-refractivity contribution in [3.05, 3.63) is 47.2 Å². The fourth-order valence-electron chi connectivity index (χ4n) is 2.89. The quantitative estimate of drug-likeness (QED) is 0.445. The van der Waals surface area contributed by atoms with E-state index in [-0.39, 0.29) is 5.57 Å². The molecule has 1 heterocycles. The average Bonchev–Trinajstić information content (AvgIpc) is 2.58. The van der Waals surface area contributed by atoms with Crippen LogP contribution in [0.1, 0.15) is 25.5 Å². The van der Waals surface area contributed by atoms with E-state index in [0.29, 0.717) is 10.5 Å². The standard InChI is InChI=1S/C17H21N3O6S/c1-9(2)13(17(23)24)20-15(22)12(16(20)27(3,25)26)19-14(21)11(18)10-7-5-4-6-8-10/h4-8,11-12,16H,18H2,1-3H3,(H,19,21)(H,23,24)/t11?,12-,16-/m1/s1. The van der Waals surface area contributed by atoms with E-state index in [0.717, 1.165) is 6.26 Å². The number of rotatable bonds is 6. The van der Waals surface area contributed by atoms with Gasteiger partial charge in [0.2, 0.25) is 5.91 Å². The van der Waals surface area contributed by atoms with Gasteiger partial charge in [0.25, 0.3) is 5.91 Å². The third kappa shape index (κ3) is 4.01. The summed E-state index contributed by atoms with van der Waals surface area (Å²) < 4.78 is 24.3. The van der Waals surface area contributed by atoms with Gasteiger partial charge in [0.05, 0.1) is 0 Å². The number of carboxylic acids is 1. The van der Waals surface area contributed by atoms with Crippen molar-refractivity contribution in [3.63, 3.8) is 0 Å². The van der Waals surface area contributed by atoms with Crippen LogP contribution in [0.15, 0.2) is 41.6 Å². The lowest BCUT2D eigenvalue weighted by Crippen LogP contribution is -2.73. The second kappa shape index (κ2) is 7.49. The lowest BCUT2D eigenvalue weighted by Gasteiger charge is -2.46. The lowest BCUT2D eigenvalue weighted by molar-refractivity contribution is -0.151. The molecule has 146 valence electrons. The first-order valence-electron chi connectivity index (χ1n) is 8.00. The zero-order chi connectivity index (χ0) is 20.5. The summed E-state index contributed by atoms with van der Waals surface area (Å²) in [7, 11) is -3.89. The smallest absolute Gasteiger partial charge is 0.352 e. The number of carbonyl (C=O) groups excluding carboxylic acids is 2. The highest BCUT2D eigenvalue weighted by Gasteiger charge is 2.56. The van der Waals surface area contributed by atoms with Crippen LogP contribution in [0, 0.1) is 0 Å². The second-order valence-electron chi connectivity index (χ2n) is 6.46. The molecule has 1 aromatic carbocycles. The monoisotopic (exact) mass is 395 g/mol. The Morgan fingerprint density at radius 3 is 2.22 bits per heavy atom. The van der Waals surface area contributed by atoms with Gasteiger partial charge in [-0.25, -0.2) is 13.2 Å². The van der Waals surface area contributed by atoms with Gasteiger partial charge in [0.15, 0.2) is 15.2 Å². The van der Waals surface area contributed by atoms with Gasteiger partial charge in [0, 0.05) is 6.26 Å². The van der Waals surface area contributed by atoms with Crippen molar-refractivity contribution in [2.45, 2.75) is 31.3 Å². The van der Waals surface area contributed by atoms with Crippen LogP contribution in [0.3, 0.4) is 0 Å². The molecular formula is C17H21N3O6S. The summed E-state index contributed by atoms with van der Waals surface area (Å²) in [6.45, 7) is 2.90. The maximum atomic E-state index is 12.5. The number of allylic oxidation sites excluding steroid dienone is 1. The number of carboxylic acid groups (broad SMARTS) is 1. The van der Waals surface area contributed by atoms with Gasteiger partial charge < -0.3 is 16.2 Å². The number of amides is 2. The van der Waals surface area contributed by atoms with Crippen molar-refractivity contribution in [2.24, 2.45) is 5.73 Å². The van der Waals surface area contributed by atoms with E-state index in [1.54, 1.807) is 30.3 Å². The minimum Gasteiger partial charge on any atom is -0.477 e. The highest BCUT2D eigenvalue weighted by Crippen LogP contribution is 2.31. The van der Waals surface area contributed by atoms with Crippen LogP contribution in [0.2, 0.25) is 0 Å². The molecule has 9 nitrogen and oxygen atoms in total. The topological polar surface area (TPSA) is 147 Å². The Labute approximate surface area is 156 Å². The molecule has 0 saturated carbocycles. The zero-order valence-electron chi connectivity index (χ0n) is 15.0. The Morgan fingerprint density at radius 1 is 1.22 bits per heavy atom. The van der Waals surface area contributed by atoms with Gasteiger partial charge in [-0.2, -0.15) is 0 Å². The molecule has 4 N–H and O–H groups in total. The molecule has 1 aliphatic heterocycles. The predicted molar refractivity (Wildman–Crippen MR) is 96.8 cm³/mol. The van der Waals surface area contributed by atoms with Gasteiger partial charge in [-0.1, -0.05) is 30.3 Å². The lowest BCUT2D eigenvalue weighted by atomic mass is 10.0. The van der Waals surface area contributed by atoms with Crippen molar-refractivity contribution in [1.29, 1.82) is 0 Å². The van der Waals surface area contributed by atoms with Gasteiger partial charge in [-0.05, 0) is 25.0 Å². The fourth-order valence-corrected chi connectivity index (χ4v) is 4.16. The summed E-state index contributed by atoms with van der Waals surface area (Å²) in [5.74, 6) is -2.98. The number of carbonyl (C=O) groups is 3. The molecule has 1 fully saturated rings. The van der Waals surface area contributed by atoms with Crippen LogP contribution < -0.4 is 11.1 Å². The summed E-state index contributed by atoms with van der Waals surface area (Å²) in [6.07, 6.45) is 0.873. The Bertz CT molecular complexity index is 906. The normalized spacial score (nSPS) is 20.4. The van der Waals surface area contributed by atoms with Crippen LogP contribution >= 0.6 is 0 Å². The second-order valence-corrected chi connectivity index (χ2v) is 8.60. The fraction of sp³-hybridized carbons (Fsp3) is 0.353. The largest absolute Gasteiger partial charge is 0.477 e. The molecule has 0 bridgehead atoms. The van der Waals surface area contributed by atoms with E-state index in [9.17, 15) is 27.9 Å². The number of benzene rings is 1. The van der Waals surface area contributed by atoms with E-state index in [1.165, 1.54) is 13.8 Å². The van der Waals surface area contributed by atoms with E-state index in [2.05, 4.69) is 5.32 Å². The molecule has 2 amide bonds. The average molecular weight is 395 g/mol. The molecule has 0 radical (unpaired) electrons. The number of hydrogen-bond acceptors (Lipinski definition) is 6. The first-order chi connectivity index (χ1) is 12.5. The first-order valence-corrected chi connectivity index (χ1v) is 9.96. The number of nitrogens with two attached hydrogens (primary N) is 1. The maximum Gasteiger partial charge on any atom is 0.352 e. The zero-order valence-corrected chi connectivity index (χ0v) is 15.9. The highest BCUT2D eigenvalue weighted by molar-refractivity contribution is 7.91. The van der Waals surface area contributed by atoms with E-state index >= 15 is 0 Å². The van der Waals surface area contributed by atoms with Crippen LogP contribution in [0.25, 0.3) is 0 Å².